The normalized spacial score (nSPS) is 30.4. The fourth-order valence-corrected chi connectivity index (χ4v) is 2.68. The van der Waals surface area contributed by atoms with Gasteiger partial charge >= 0.3 is 6.03 Å². The molecule has 1 atom stereocenters. The third-order valence-corrected chi connectivity index (χ3v) is 3.32. The molecular formula is C10H18N2O2. The summed E-state index contributed by atoms with van der Waals surface area (Å²) in [4.78, 5) is 10.7. The number of carbonyl (C=O) groups is 1. The van der Waals surface area contributed by atoms with E-state index in [1.54, 1.807) is 0 Å². The van der Waals surface area contributed by atoms with Crippen molar-refractivity contribution in [1.82, 2.24) is 5.32 Å². The largest absolute Gasteiger partial charge is 0.373 e. The number of ether oxygens (including phenoxy) is 1. The maximum Gasteiger partial charge on any atom is 0.312 e. The summed E-state index contributed by atoms with van der Waals surface area (Å²) in [5.41, 5.74) is 5.15. The first-order chi connectivity index (χ1) is 6.70. The van der Waals surface area contributed by atoms with E-state index in [-0.39, 0.29) is 11.6 Å². The molecule has 0 aromatic heterocycles. The molecule has 4 heteroatoms. The lowest BCUT2D eigenvalue weighted by atomic mass is 9.82. The third-order valence-electron chi connectivity index (χ3n) is 3.32. The summed E-state index contributed by atoms with van der Waals surface area (Å²) in [6.45, 7) is 0.628. The molecule has 1 heterocycles. The van der Waals surface area contributed by atoms with E-state index in [1.165, 1.54) is 19.3 Å². The topological polar surface area (TPSA) is 64.4 Å². The number of rotatable bonds is 1. The van der Waals surface area contributed by atoms with Crippen LogP contribution in [0.15, 0.2) is 0 Å². The van der Waals surface area contributed by atoms with Crippen LogP contribution in [0.1, 0.15) is 38.5 Å². The molecule has 1 unspecified atom stereocenters. The first-order valence-corrected chi connectivity index (χ1v) is 5.40. The van der Waals surface area contributed by atoms with Crippen LogP contribution in [-0.4, -0.2) is 24.3 Å². The van der Waals surface area contributed by atoms with Gasteiger partial charge in [0.05, 0.1) is 18.2 Å². The second kappa shape index (κ2) is 3.77. The number of carbonyl (C=O) groups excluding carboxylic acids is 1. The van der Waals surface area contributed by atoms with Gasteiger partial charge in [-0.05, 0) is 19.3 Å². The van der Waals surface area contributed by atoms with Crippen molar-refractivity contribution in [3.05, 3.63) is 0 Å². The lowest BCUT2D eigenvalue weighted by molar-refractivity contribution is -0.0245. The molecule has 80 valence electrons. The third kappa shape index (κ3) is 2.00. The number of nitrogens with one attached hydrogen (secondary N) is 1. The highest BCUT2D eigenvalue weighted by Crippen LogP contribution is 2.39. The molecule has 1 spiro atoms. The van der Waals surface area contributed by atoms with E-state index >= 15 is 0 Å². The highest BCUT2D eigenvalue weighted by molar-refractivity contribution is 5.72. The molecule has 0 aromatic rings. The van der Waals surface area contributed by atoms with Crippen molar-refractivity contribution in [2.24, 2.45) is 5.73 Å². The molecule has 2 rings (SSSR count). The van der Waals surface area contributed by atoms with Crippen LogP contribution < -0.4 is 11.1 Å². The number of hydrogen-bond acceptors (Lipinski definition) is 2. The standard InChI is InChI=1S/C10H18N2O2/c11-9(13)12-8-6-10(14-7-8)4-2-1-3-5-10/h8H,1-7H2,(H3,11,12,13). The summed E-state index contributed by atoms with van der Waals surface area (Å²) >= 11 is 0. The zero-order valence-electron chi connectivity index (χ0n) is 8.42. The van der Waals surface area contributed by atoms with Gasteiger partial charge in [-0.2, -0.15) is 0 Å². The maximum atomic E-state index is 10.7. The van der Waals surface area contributed by atoms with E-state index in [1.807, 2.05) is 0 Å². The Morgan fingerprint density at radius 3 is 2.71 bits per heavy atom. The first-order valence-electron chi connectivity index (χ1n) is 5.40. The van der Waals surface area contributed by atoms with Gasteiger partial charge < -0.3 is 15.8 Å². The summed E-state index contributed by atoms with van der Waals surface area (Å²) in [5, 5.41) is 2.73. The van der Waals surface area contributed by atoms with Gasteiger partial charge in [-0.15, -0.1) is 0 Å². The van der Waals surface area contributed by atoms with Crippen LogP contribution in [0, 0.1) is 0 Å². The van der Waals surface area contributed by atoms with Crippen LogP contribution in [0.3, 0.4) is 0 Å². The quantitative estimate of drug-likeness (QED) is 0.663. The fraction of sp³-hybridized carbons (Fsp3) is 0.900. The Hall–Kier alpha value is -0.770. The Bertz CT molecular complexity index is 224. The molecule has 0 radical (unpaired) electrons. The van der Waals surface area contributed by atoms with Gasteiger partial charge in [-0.25, -0.2) is 4.79 Å². The van der Waals surface area contributed by atoms with Crippen LogP contribution in [0.4, 0.5) is 4.79 Å². The smallest absolute Gasteiger partial charge is 0.312 e. The molecule has 0 bridgehead atoms. The average molecular weight is 198 g/mol. The first kappa shape index (κ1) is 9.77. The van der Waals surface area contributed by atoms with E-state index in [2.05, 4.69) is 5.32 Å². The zero-order chi connectivity index (χ0) is 10.0. The van der Waals surface area contributed by atoms with Crippen LogP contribution >= 0.6 is 0 Å². The molecule has 2 aliphatic rings. The highest BCUT2D eigenvalue weighted by Gasteiger charge is 2.41. The number of primary amides is 1. The zero-order valence-corrected chi connectivity index (χ0v) is 8.42. The van der Waals surface area contributed by atoms with Crippen molar-refractivity contribution >= 4 is 6.03 Å². The Kier molecular flexibility index (Phi) is 2.63. The molecule has 0 aromatic carbocycles. The van der Waals surface area contributed by atoms with Crippen LogP contribution in [-0.2, 0) is 4.74 Å². The van der Waals surface area contributed by atoms with Crippen molar-refractivity contribution in [2.45, 2.75) is 50.2 Å². The molecule has 3 N–H and O–H groups in total. The predicted molar refractivity (Wildman–Crippen MR) is 52.9 cm³/mol. The minimum Gasteiger partial charge on any atom is -0.373 e. The van der Waals surface area contributed by atoms with E-state index in [0.29, 0.717) is 6.61 Å². The van der Waals surface area contributed by atoms with Crippen molar-refractivity contribution in [1.29, 1.82) is 0 Å². The minimum absolute atomic E-state index is 0.0609. The summed E-state index contributed by atoms with van der Waals surface area (Å²) in [5.74, 6) is 0. The fourth-order valence-electron chi connectivity index (χ4n) is 2.68. The molecular weight excluding hydrogens is 180 g/mol. The average Bonchev–Trinajstić information content (AvgIpc) is 2.49. The molecule has 1 aliphatic carbocycles. The van der Waals surface area contributed by atoms with E-state index in [4.69, 9.17) is 10.5 Å². The van der Waals surface area contributed by atoms with Crippen LogP contribution in [0.5, 0.6) is 0 Å². The molecule has 1 aliphatic heterocycles. The number of urea groups is 1. The highest BCUT2D eigenvalue weighted by atomic mass is 16.5. The van der Waals surface area contributed by atoms with E-state index in [9.17, 15) is 4.79 Å². The summed E-state index contributed by atoms with van der Waals surface area (Å²) < 4.78 is 5.82. The Morgan fingerprint density at radius 1 is 1.36 bits per heavy atom. The molecule has 14 heavy (non-hydrogen) atoms. The van der Waals surface area contributed by atoms with Crippen LogP contribution in [0.25, 0.3) is 0 Å². The maximum absolute atomic E-state index is 10.7. The number of hydrogen-bond donors (Lipinski definition) is 2. The molecule has 4 nitrogen and oxygen atoms in total. The second-order valence-electron chi connectivity index (χ2n) is 4.46. The van der Waals surface area contributed by atoms with Gasteiger partial charge in [0.1, 0.15) is 0 Å². The van der Waals surface area contributed by atoms with Gasteiger partial charge in [0.2, 0.25) is 0 Å². The van der Waals surface area contributed by atoms with Gasteiger partial charge in [0, 0.05) is 0 Å². The monoisotopic (exact) mass is 198 g/mol. The van der Waals surface area contributed by atoms with Crippen molar-refractivity contribution in [3.63, 3.8) is 0 Å². The molecule has 1 saturated heterocycles. The molecule has 2 fully saturated rings. The Morgan fingerprint density at radius 2 is 2.07 bits per heavy atom. The van der Waals surface area contributed by atoms with Gasteiger partial charge in [0.25, 0.3) is 0 Å². The van der Waals surface area contributed by atoms with E-state index < -0.39 is 6.03 Å². The van der Waals surface area contributed by atoms with Crippen molar-refractivity contribution < 1.29 is 9.53 Å². The van der Waals surface area contributed by atoms with Crippen molar-refractivity contribution in [3.8, 4) is 0 Å². The Labute approximate surface area is 84.2 Å². The predicted octanol–water partition coefficient (Wildman–Crippen LogP) is 1.15. The lowest BCUT2D eigenvalue weighted by Gasteiger charge is -2.32. The SMILES string of the molecule is NC(=O)NC1COC2(CCCCC2)C1. The van der Waals surface area contributed by atoms with E-state index in [0.717, 1.165) is 19.3 Å². The van der Waals surface area contributed by atoms with Gasteiger partial charge in [-0.3, -0.25) is 0 Å². The molecule has 2 amide bonds. The summed E-state index contributed by atoms with van der Waals surface area (Å²) in [6, 6.07) is -0.308. The number of nitrogens with two attached hydrogens (primary N) is 1. The number of amides is 2. The molecule has 1 saturated carbocycles. The van der Waals surface area contributed by atoms with Gasteiger partial charge in [0.15, 0.2) is 0 Å². The second-order valence-corrected chi connectivity index (χ2v) is 4.46. The van der Waals surface area contributed by atoms with Gasteiger partial charge in [-0.1, -0.05) is 19.3 Å². The summed E-state index contributed by atoms with van der Waals surface area (Å²) in [7, 11) is 0. The summed E-state index contributed by atoms with van der Waals surface area (Å²) in [6.07, 6.45) is 7.05. The van der Waals surface area contributed by atoms with Crippen molar-refractivity contribution in [2.75, 3.05) is 6.61 Å². The Balaban J connectivity index is 1.89. The lowest BCUT2D eigenvalue weighted by Crippen LogP contribution is -2.40. The minimum atomic E-state index is -0.438. The van der Waals surface area contributed by atoms with Crippen LogP contribution in [0.2, 0.25) is 0 Å².